The molecule has 0 aromatic carbocycles. The molecule has 0 fully saturated rings. The molecular weight excluding hydrogens is 138 g/mol. The van der Waals surface area contributed by atoms with Crippen LogP contribution in [-0.4, -0.2) is 15.3 Å². The molecule has 0 spiro atoms. The first-order chi connectivity index (χ1) is 4.27. The minimum atomic E-state index is -1.79. The highest BCUT2D eigenvalue weighted by Crippen LogP contribution is 1.88. The van der Waals surface area contributed by atoms with Gasteiger partial charge in [-0.15, -0.1) is 0 Å². The molecule has 1 atom stereocenters. The molecule has 0 saturated carbocycles. The number of unbranched alkanes of at least 4 members (excludes halogenated alkanes) is 1. The molecule has 0 bridgehead atoms. The average molecular weight is 149 g/mol. The molecule has 0 aliphatic heterocycles. The predicted octanol–water partition coefficient (Wildman–Crippen LogP) is 0.461. The Morgan fingerprint density at radius 1 is 1.67 bits per heavy atom. The Kier molecular flexibility index (Phi) is 5.81. The van der Waals surface area contributed by atoms with Crippen LogP contribution in [0.1, 0.15) is 12.8 Å². The van der Waals surface area contributed by atoms with Crippen LogP contribution in [0.25, 0.3) is 0 Å². The Hall–Kier alpha value is -0.190. The highest BCUT2D eigenvalue weighted by molar-refractivity contribution is 7.82. The van der Waals surface area contributed by atoms with Gasteiger partial charge in [0.05, 0.1) is 0 Å². The van der Waals surface area contributed by atoms with Crippen molar-refractivity contribution in [2.45, 2.75) is 12.8 Å². The van der Waals surface area contributed by atoms with E-state index in [9.17, 15) is 4.21 Å². The maximum absolute atomic E-state index is 9.96. The molecule has 0 aromatic heterocycles. The summed E-state index contributed by atoms with van der Waals surface area (Å²) in [4.78, 5) is 0. The maximum Gasteiger partial charge on any atom is 0.178 e. The first kappa shape index (κ1) is 8.81. The number of hydrogen-bond acceptors (Lipinski definition) is 2. The predicted molar refractivity (Wildman–Crippen MR) is 38.2 cm³/mol. The smallest absolute Gasteiger partial charge is 0.178 e. The Morgan fingerprint density at radius 3 is 2.78 bits per heavy atom. The SMILES string of the molecule is NCCCC=CS(=O)O. The Morgan fingerprint density at radius 2 is 2.33 bits per heavy atom. The normalized spacial score (nSPS) is 14.4. The van der Waals surface area contributed by atoms with Crippen molar-refractivity contribution in [2.75, 3.05) is 6.54 Å². The van der Waals surface area contributed by atoms with Crippen LogP contribution in [0.2, 0.25) is 0 Å². The standard InChI is InChI=1S/C5H11NO2S/c6-4-2-1-3-5-9(7)8/h3,5H,1-2,4,6H2,(H,7,8). The zero-order valence-corrected chi connectivity index (χ0v) is 5.93. The van der Waals surface area contributed by atoms with E-state index in [0.29, 0.717) is 6.54 Å². The molecule has 3 N–H and O–H groups in total. The molecule has 0 aromatic rings. The summed E-state index contributed by atoms with van der Waals surface area (Å²) in [5.74, 6) is 0. The minimum absolute atomic E-state index is 0.627. The first-order valence-corrected chi connectivity index (χ1v) is 3.90. The van der Waals surface area contributed by atoms with E-state index in [1.807, 2.05) is 0 Å². The second-order valence-corrected chi connectivity index (χ2v) is 2.40. The van der Waals surface area contributed by atoms with Crippen molar-refractivity contribution >= 4 is 11.1 Å². The monoisotopic (exact) mass is 149 g/mol. The van der Waals surface area contributed by atoms with Gasteiger partial charge in [-0.2, -0.15) is 0 Å². The zero-order chi connectivity index (χ0) is 7.11. The largest absolute Gasteiger partial charge is 0.330 e. The third kappa shape index (κ3) is 7.81. The van der Waals surface area contributed by atoms with Crippen LogP contribution in [0.15, 0.2) is 11.5 Å². The van der Waals surface area contributed by atoms with Crippen LogP contribution in [0.5, 0.6) is 0 Å². The van der Waals surface area contributed by atoms with Crippen LogP contribution < -0.4 is 5.73 Å². The summed E-state index contributed by atoms with van der Waals surface area (Å²) < 4.78 is 18.2. The van der Waals surface area contributed by atoms with Gasteiger partial charge in [0, 0.05) is 5.41 Å². The summed E-state index contributed by atoms with van der Waals surface area (Å²) in [6, 6.07) is 0. The van der Waals surface area contributed by atoms with E-state index >= 15 is 0 Å². The molecule has 0 aliphatic carbocycles. The van der Waals surface area contributed by atoms with Gasteiger partial charge < -0.3 is 10.3 Å². The van der Waals surface area contributed by atoms with Gasteiger partial charge in [0.25, 0.3) is 0 Å². The zero-order valence-electron chi connectivity index (χ0n) is 5.12. The maximum atomic E-state index is 9.96. The molecule has 0 saturated heterocycles. The lowest BCUT2D eigenvalue weighted by Gasteiger charge is -1.85. The molecule has 3 nitrogen and oxygen atoms in total. The van der Waals surface area contributed by atoms with E-state index < -0.39 is 11.1 Å². The summed E-state index contributed by atoms with van der Waals surface area (Å²) in [7, 11) is 0. The van der Waals surface area contributed by atoms with Gasteiger partial charge in [-0.3, -0.25) is 0 Å². The fraction of sp³-hybridized carbons (Fsp3) is 0.600. The van der Waals surface area contributed by atoms with E-state index in [4.69, 9.17) is 10.3 Å². The fourth-order valence-electron chi connectivity index (χ4n) is 0.386. The molecule has 0 rings (SSSR count). The van der Waals surface area contributed by atoms with Crippen molar-refractivity contribution in [3.05, 3.63) is 11.5 Å². The van der Waals surface area contributed by atoms with Crippen molar-refractivity contribution < 1.29 is 8.76 Å². The van der Waals surface area contributed by atoms with E-state index in [1.54, 1.807) is 6.08 Å². The Labute approximate surface area is 57.2 Å². The number of hydrogen-bond donors (Lipinski definition) is 2. The van der Waals surface area contributed by atoms with E-state index in [1.165, 1.54) is 5.41 Å². The quantitative estimate of drug-likeness (QED) is 0.451. The summed E-state index contributed by atoms with van der Waals surface area (Å²) in [6.07, 6.45) is 3.31. The third-order valence-electron chi connectivity index (χ3n) is 0.788. The van der Waals surface area contributed by atoms with Crippen molar-refractivity contribution in [1.82, 2.24) is 0 Å². The van der Waals surface area contributed by atoms with Crippen LogP contribution in [0.3, 0.4) is 0 Å². The molecule has 0 radical (unpaired) electrons. The van der Waals surface area contributed by atoms with Crippen LogP contribution in [-0.2, 0) is 11.1 Å². The summed E-state index contributed by atoms with van der Waals surface area (Å²) in [5, 5.41) is 1.25. The van der Waals surface area contributed by atoms with Crippen molar-refractivity contribution in [1.29, 1.82) is 0 Å². The third-order valence-corrected chi connectivity index (χ3v) is 1.21. The van der Waals surface area contributed by atoms with Crippen molar-refractivity contribution in [3.8, 4) is 0 Å². The lowest BCUT2D eigenvalue weighted by atomic mass is 10.3. The van der Waals surface area contributed by atoms with Crippen LogP contribution in [0.4, 0.5) is 0 Å². The highest BCUT2D eigenvalue weighted by atomic mass is 32.2. The molecular formula is C5H11NO2S. The average Bonchev–Trinajstić information content (AvgIpc) is 1.80. The van der Waals surface area contributed by atoms with Gasteiger partial charge in [-0.25, -0.2) is 4.21 Å². The van der Waals surface area contributed by atoms with Crippen molar-refractivity contribution in [3.63, 3.8) is 0 Å². The Balaban J connectivity index is 3.15. The number of nitrogens with two attached hydrogens (primary N) is 1. The summed E-state index contributed by atoms with van der Waals surface area (Å²) in [5.41, 5.74) is 5.17. The minimum Gasteiger partial charge on any atom is -0.330 e. The molecule has 1 unspecified atom stereocenters. The Bertz CT molecular complexity index is 114. The first-order valence-electron chi connectivity index (χ1n) is 2.73. The van der Waals surface area contributed by atoms with Gasteiger partial charge >= 0.3 is 0 Å². The number of rotatable bonds is 4. The molecule has 0 aliphatic rings. The van der Waals surface area contributed by atoms with Gasteiger partial charge in [0.1, 0.15) is 0 Å². The molecule has 0 amide bonds. The molecule has 0 heterocycles. The topological polar surface area (TPSA) is 63.3 Å². The summed E-state index contributed by atoms with van der Waals surface area (Å²) >= 11 is -1.79. The summed E-state index contributed by atoms with van der Waals surface area (Å²) in [6.45, 7) is 0.627. The highest BCUT2D eigenvalue weighted by Gasteiger charge is 1.80. The molecule has 9 heavy (non-hydrogen) atoms. The van der Waals surface area contributed by atoms with Gasteiger partial charge in [0.2, 0.25) is 0 Å². The van der Waals surface area contributed by atoms with Crippen LogP contribution in [0, 0.1) is 0 Å². The molecule has 4 heteroatoms. The van der Waals surface area contributed by atoms with Crippen molar-refractivity contribution in [2.24, 2.45) is 5.73 Å². The van der Waals surface area contributed by atoms with E-state index in [-0.39, 0.29) is 0 Å². The second kappa shape index (κ2) is 5.94. The lowest BCUT2D eigenvalue weighted by Crippen LogP contribution is -1.96. The molecule has 54 valence electrons. The lowest BCUT2D eigenvalue weighted by molar-refractivity contribution is 0.574. The van der Waals surface area contributed by atoms with Gasteiger partial charge in [-0.05, 0) is 19.4 Å². The van der Waals surface area contributed by atoms with Crippen LogP contribution >= 0.6 is 0 Å². The van der Waals surface area contributed by atoms with Gasteiger partial charge in [-0.1, -0.05) is 6.08 Å². The van der Waals surface area contributed by atoms with Gasteiger partial charge in [0.15, 0.2) is 11.1 Å². The fourth-order valence-corrected chi connectivity index (χ4v) is 0.687. The number of allylic oxidation sites excluding steroid dienone is 1. The van der Waals surface area contributed by atoms with E-state index in [0.717, 1.165) is 12.8 Å². The van der Waals surface area contributed by atoms with E-state index in [2.05, 4.69) is 0 Å². The second-order valence-electron chi connectivity index (χ2n) is 1.58.